The van der Waals surface area contributed by atoms with Crippen LogP contribution in [0.5, 0.6) is 0 Å². The number of nitrogens with one attached hydrogen (secondary N) is 1. The molecule has 1 N–H and O–H groups in total. The fourth-order valence-electron chi connectivity index (χ4n) is 1.96. The number of thioether (sulfide) groups is 1. The maximum Gasteiger partial charge on any atom is 0.281 e. The highest BCUT2D eigenvalue weighted by atomic mass is 32.2. The number of carbonyl (C=O) groups is 1. The van der Waals surface area contributed by atoms with E-state index in [1.54, 1.807) is 12.1 Å². The van der Waals surface area contributed by atoms with Gasteiger partial charge in [0.1, 0.15) is 6.61 Å². The summed E-state index contributed by atoms with van der Waals surface area (Å²) in [6.45, 7) is 1.11. The van der Waals surface area contributed by atoms with Gasteiger partial charge in [-0.3, -0.25) is 15.1 Å². The number of amides is 1. The summed E-state index contributed by atoms with van der Waals surface area (Å²) >= 11 is 1.14. The standard InChI is InChI=1S/C13H15F2N2O2PS/c1-8-2-3-10(17-11(18)6-21-12(17)16)9(4-8)5-19-7-13(14,15)20/h2-4,16H,5-7,20H2,1H3. The number of hydrogen-bond donors (Lipinski definition) is 1. The first-order valence-electron chi connectivity index (χ1n) is 6.16. The molecule has 114 valence electrons. The number of carbonyl (C=O) groups excluding carboxylic acids is 1. The molecular formula is C13H15F2N2O2PS. The number of anilines is 1. The van der Waals surface area contributed by atoms with Gasteiger partial charge in [0.25, 0.3) is 5.66 Å². The van der Waals surface area contributed by atoms with Gasteiger partial charge in [0, 0.05) is 5.56 Å². The molecule has 4 nitrogen and oxygen atoms in total. The van der Waals surface area contributed by atoms with Crippen molar-refractivity contribution in [2.45, 2.75) is 19.2 Å². The lowest BCUT2D eigenvalue weighted by molar-refractivity contribution is -0.115. The molecule has 1 aliphatic rings. The van der Waals surface area contributed by atoms with Crippen LogP contribution in [0.1, 0.15) is 11.1 Å². The summed E-state index contributed by atoms with van der Waals surface area (Å²) in [4.78, 5) is 13.1. The van der Waals surface area contributed by atoms with Gasteiger partial charge >= 0.3 is 0 Å². The summed E-state index contributed by atoms with van der Waals surface area (Å²) in [6, 6.07) is 5.30. The normalized spacial score (nSPS) is 15.9. The van der Waals surface area contributed by atoms with Crippen LogP contribution in [-0.4, -0.2) is 29.1 Å². The molecule has 0 bridgehead atoms. The second-order valence-corrected chi connectivity index (χ2v) is 6.52. The van der Waals surface area contributed by atoms with Crippen LogP contribution >= 0.6 is 21.0 Å². The number of hydrogen-bond acceptors (Lipinski definition) is 4. The van der Waals surface area contributed by atoms with Gasteiger partial charge in [-0.15, -0.1) is 0 Å². The highest BCUT2D eigenvalue weighted by Crippen LogP contribution is 2.30. The fraction of sp³-hybridized carbons (Fsp3) is 0.385. The lowest BCUT2D eigenvalue weighted by Gasteiger charge is -2.20. The second kappa shape index (κ2) is 6.38. The quantitative estimate of drug-likeness (QED) is 0.844. The number of halogens is 2. The number of nitrogens with zero attached hydrogens (tertiary/aromatic N) is 1. The van der Waals surface area contributed by atoms with Crippen molar-refractivity contribution >= 4 is 37.8 Å². The van der Waals surface area contributed by atoms with Crippen molar-refractivity contribution in [1.29, 1.82) is 5.41 Å². The van der Waals surface area contributed by atoms with Crippen molar-refractivity contribution in [2.24, 2.45) is 0 Å². The third kappa shape index (κ3) is 4.22. The predicted octanol–water partition coefficient (Wildman–Crippen LogP) is 2.99. The van der Waals surface area contributed by atoms with Crippen LogP contribution in [0.3, 0.4) is 0 Å². The number of ether oxygens (including phenoxy) is 1. The molecule has 0 saturated carbocycles. The van der Waals surface area contributed by atoms with Crippen LogP contribution in [0.15, 0.2) is 18.2 Å². The molecule has 1 atom stereocenters. The first-order chi connectivity index (χ1) is 9.78. The van der Waals surface area contributed by atoms with Crippen LogP contribution in [0.4, 0.5) is 14.5 Å². The third-order valence-electron chi connectivity index (χ3n) is 2.81. The van der Waals surface area contributed by atoms with Gasteiger partial charge in [-0.1, -0.05) is 38.7 Å². The SMILES string of the molecule is Cc1ccc(N2C(=N)SCC2=O)c(COCC(F)(F)P)c1. The summed E-state index contributed by atoms with van der Waals surface area (Å²) < 4.78 is 30.6. The van der Waals surface area contributed by atoms with Gasteiger partial charge in [-0.05, 0) is 13.0 Å². The molecule has 2 rings (SSSR count). The van der Waals surface area contributed by atoms with E-state index in [0.29, 0.717) is 11.3 Å². The highest BCUT2D eigenvalue weighted by Gasteiger charge is 2.30. The molecule has 1 fully saturated rings. The van der Waals surface area contributed by atoms with E-state index in [1.165, 1.54) is 14.1 Å². The van der Waals surface area contributed by atoms with E-state index in [-0.39, 0.29) is 23.4 Å². The fourth-order valence-corrected chi connectivity index (χ4v) is 2.80. The van der Waals surface area contributed by atoms with Gasteiger partial charge in [0.2, 0.25) is 5.91 Å². The molecule has 0 radical (unpaired) electrons. The Balaban J connectivity index is 2.21. The number of benzene rings is 1. The van der Waals surface area contributed by atoms with Crippen molar-refractivity contribution in [3.05, 3.63) is 29.3 Å². The van der Waals surface area contributed by atoms with E-state index in [4.69, 9.17) is 10.1 Å². The minimum atomic E-state index is -2.98. The van der Waals surface area contributed by atoms with E-state index in [2.05, 4.69) is 0 Å². The van der Waals surface area contributed by atoms with E-state index < -0.39 is 12.3 Å². The molecule has 21 heavy (non-hydrogen) atoms. The molecule has 1 aromatic rings. The Hall–Kier alpha value is -1.04. The zero-order valence-corrected chi connectivity index (χ0v) is 13.3. The van der Waals surface area contributed by atoms with Crippen molar-refractivity contribution < 1.29 is 18.3 Å². The zero-order chi connectivity index (χ0) is 15.6. The van der Waals surface area contributed by atoms with E-state index >= 15 is 0 Å². The van der Waals surface area contributed by atoms with Crippen LogP contribution in [-0.2, 0) is 16.1 Å². The van der Waals surface area contributed by atoms with Gasteiger partial charge in [0.15, 0.2) is 5.17 Å². The number of rotatable bonds is 5. The highest BCUT2D eigenvalue weighted by molar-refractivity contribution is 8.15. The molecule has 1 aliphatic heterocycles. The predicted molar refractivity (Wildman–Crippen MR) is 83.2 cm³/mol. The van der Waals surface area contributed by atoms with Gasteiger partial charge < -0.3 is 4.74 Å². The van der Waals surface area contributed by atoms with Crippen molar-refractivity contribution in [2.75, 3.05) is 17.3 Å². The molecule has 1 amide bonds. The lowest BCUT2D eigenvalue weighted by Crippen LogP contribution is -2.29. The molecule has 1 saturated heterocycles. The maximum absolute atomic E-state index is 12.8. The first kappa shape index (κ1) is 16.3. The maximum atomic E-state index is 12.8. The Bertz CT molecular complexity index is 562. The van der Waals surface area contributed by atoms with Crippen LogP contribution in [0.25, 0.3) is 0 Å². The number of aryl methyl sites for hydroxylation is 1. The molecule has 0 aliphatic carbocycles. The van der Waals surface area contributed by atoms with Crippen LogP contribution in [0.2, 0.25) is 0 Å². The third-order valence-corrected chi connectivity index (χ3v) is 3.83. The lowest BCUT2D eigenvalue weighted by atomic mass is 10.1. The Labute approximate surface area is 127 Å². The van der Waals surface area contributed by atoms with Gasteiger partial charge in [0.05, 0.1) is 18.0 Å². The zero-order valence-electron chi connectivity index (χ0n) is 11.4. The van der Waals surface area contributed by atoms with Crippen molar-refractivity contribution in [3.63, 3.8) is 0 Å². The second-order valence-electron chi connectivity index (χ2n) is 4.71. The van der Waals surface area contributed by atoms with E-state index in [9.17, 15) is 13.6 Å². The summed E-state index contributed by atoms with van der Waals surface area (Å²) in [5.74, 6) is 0.0305. The van der Waals surface area contributed by atoms with Crippen molar-refractivity contribution in [1.82, 2.24) is 0 Å². The average Bonchev–Trinajstić information content (AvgIpc) is 2.69. The smallest absolute Gasteiger partial charge is 0.281 e. The Morgan fingerprint density at radius 2 is 2.24 bits per heavy atom. The molecule has 1 unspecified atom stereocenters. The molecule has 1 aromatic carbocycles. The van der Waals surface area contributed by atoms with E-state index in [1.807, 2.05) is 13.0 Å². The molecular weight excluding hydrogens is 317 g/mol. The van der Waals surface area contributed by atoms with Gasteiger partial charge in [-0.2, -0.15) is 8.78 Å². The summed E-state index contributed by atoms with van der Waals surface area (Å²) in [5, 5.41) is 7.94. The number of alkyl halides is 2. The largest absolute Gasteiger partial charge is 0.370 e. The number of amidine groups is 1. The molecule has 0 aromatic heterocycles. The molecule has 0 spiro atoms. The van der Waals surface area contributed by atoms with E-state index in [0.717, 1.165) is 17.3 Å². The Morgan fingerprint density at radius 3 is 2.81 bits per heavy atom. The van der Waals surface area contributed by atoms with Gasteiger partial charge in [-0.25, -0.2) is 0 Å². The Morgan fingerprint density at radius 1 is 1.52 bits per heavy atom. The Kier molecular flexibility index (Phi) is 4.96. The topological polar surface area (TPSA) is 53.4 Å². The molecule has 1 heterocycles. The first-order valence-corrected chi connectivity index (χ1v) is 7.72. The summed E-state index contributed by atoms with van der Waals surface area (Å²) in [5.41, 5.74) is -0.908. The minimum Gasteiger partial charge on any atom is -0.370 e. The van der Waals surface area contributed by atoms with Crippen LogP contribution in [0, 0.1) is 12.3 Å². The monoisotopic (exact) mass is 332 g/mol. The minimum absolute atomic E-state index is 0.0390. The average molecular weight is 332 g/mol. The van der Waals surface area contributed by atoms with Crippen molar-refractivity contribution in [3.8, 4) is 0 Å². The molecule has 8 heteroatoms. The van der Waals surface area contributed by atoms with Crippen LogP contribution < -0.4 is 4.90 Å². The summed E-state index contributed by atoms with van der Waals surface area (Å²) in [6.07, 6.45) is 0. The summed E-state index contributed by atoms with van der Waals surface area (Å²) in [7, 11) is 1.42.